The van der Waals surface area contributed by atoms with Crippen molar-refractivity contribution in [3.05, 3.63) is 77.3 Å². The summed E-state index contributed by atoms with van der Waals surface area (Å²) in [7, 11) is 0.652. The quantitative estimate of drug-likeness (QED) is 0.498. The SMILES string of the molecule is COc1cccc(S(=O)(=O)N(Cc2ccc(OC)c(OC)c2)c2cccc(Cl)c2)c1. The molecule has 0 unspecified atom stereocenters. The first-order valence-electron chi connectivity index (χ1n) is 9.02. The van der Waals surface area contributed by atoms with Gasteiger partial charge in [0.1, 0.15) is 5.75 Å². The molecule has 30 heavy (non-hydrogen) atoms. The Morgan fingerprint density at radius 3 is 2.23 bits per heavy atom. The first-order valence-corrected chi connectivity index (χ1v) is 10.8. The van der Waals surface area contributed by atoms with E-state index < -0.39 is 10.0 Å². The lowest BCUT2D eigenvalue weighted by Gasteiger charge is -2.25. The molecule has 0 saturated heterocycles. The molecule has 158 valence electrons. The Morgan fingerprint density at radius 1 is 0.833 bits per heavy atom. The van der Waals surface area contributed by atoms with Gasteiger partial charge < -0.3 is 14.2 Å². The summed E-state index contributed by atoms with van der Waals surface area (Å²) >= 11 is 6.14. The number of hydrogen-bond donors (Lipinski definition) is 0. The number of methoxy groups -OCH3 is 3. The minimum Gasteiger partial charge on any atom is -0.497 e. The van der Waals surface area contributed by atoms with Crippen LogP contribution in [-0.4, -0.2) is 29.7 Å². The van der Waals surface area contributed by atoms with Gasteiger partial charge in [0.15, 0.2) is 11.5 Å². The lowest BCUT2D eigenvalue weighted by atomic mass is 10.2. The van der Waals surface area contributed by atoms with Gasteiger partial charge >= 0.3 is 0 Å². The van der Waals surface area contributed by atoms with Crippen molar-refractivity contribution in [2.45, 2.75) is 11.4 Å². The van der Waals surface area contributed by atoms with Gasteiger partial charge in [-0.25, -0.2) is 8.42 Å². The molecule has 0 aliphatic rings. The van der Waals surface area contributed by atoms with E-state index in [1.165, 1.54) is 30.7 Å². The summed E-state index contributed by atoms with van der Waals surface area (Å²) in [6.07, 6.45) is 0. The van der Waals surface area contributed by atoms with Crippen molar-refractivity contribution in [1.82, 2.24) is 0 Å². The highest BCUT2D eigenvalue weighted by molar-refractivity contribution is 7.92. The van der Waals surface area contributed by atoms with Crippen LogP contribution in [0.25, 0.3) is 0 Å². The number of nitrogens with zero attached hydrogens (tertiary/aromatic N) is 1. The molecule has 0 aromatic heterocycles. The zero-order valence-corrected chi connectivity index (χ0v) is 18.4. The Kier molecular flexibility index (Phi) is 6.74. The maximum atomic E-state index is 13.6. The Labute approximate surface area is 181 Å². The normalized spacial score (nSPS) is 11.1. The van der Waals surface area contributed by atoms with Crippen LogP contribution in [0.2, 0.25) is 5.02 Å². The summed E-state index contributed by atoms with van der Waals surface area (Å²) in [4.78, 5) is 0.113. The summed E-state index contributed by atoms with van der Waals surface area (Å²) in [5.74, 6) is 1.53. The van der Waals surface area contributed by atoms with Gasteiger partial charge in [0.25, 0.3) is 10.0 Å². The Morgan fingerprint density at radius 2 is 1.57 bits per heavy atom. The molecular weight excluding hydrogens is 426 g/mol. The fourth-order valence-electron chi connectivity index (χ4n) is 2.98. The molecule has 6 nitrogen and oxygen atoms in total. The molecule has 0 saturated carbocycles. The van der Waals surface area contributed by atoms with E-state index in [4.69, 9.17) is 25.8 Å². The predicted molar refractivity (Wildman–Crippen MR) is 117 cm³/mol. The van der Waals surface area contributed by atoms with Crippen molar-refractivity contribution in [3.63, 3.8) is 0 Å². The molecule has 0 fully saturated rings. The lowest BCUT2D eigenvalue weighted by Crippen LogP contribution is -2.30. The highest BCUT2D eigenvalue weighted by Gasteiger charge is 2.26. The first kappa shape index (κ1) is 21.8. The molecule has 3 rings (SSSR count). The van der Waals surface area contributed by atoms with Crippen molar-refractivity contribution in [2.75, 3.05) is 25.6 Å². The summed E-state index contributed by atoms with van der Waals surface area (Å²) in [6.45, 7) is 0.0697. The standard InChI is InChI=1S/C22H22ClNO5S/c1-27-19-8-5-9-20(14-19)30(25,26)24(18-7-4-6-17(23)13-18)15-16-10-11-21(28-2)22(12-16)29-3/h4-14H,15H2,1-3H3. The minimum atomic E-state index is -3.91. The van der Waals surface area contributed by atoms with Gasteiger partial charge in [0, 0.05) is 11.1 Å². The van der Waals surface area contributed by atoms with Crippen LogP contribution < -0.4 is 18.5 Å². The summed E-state index contributed by atoms with van der Waals surface area (Å²) in [5, 5.41) is 0.436. The van der Waals surface area contributed by atoms with Gasteiger partial charge in [-0.2, -0.15) is 0 Å². The van der Waals surface area contributed by atoms with Crippen LogP contribution in [0.15, 0.2) is 71.6 Å². The third-order valence-electron chi connectivity index (χ3n) is 4.50. The maximum Gasteiger partial charge on any atom is 0.264 e. The molecule has 0 heterocycles. The van der Waals surface area contributed by atoms with Gasteiger partial charge in [-0.15, -0.1) is 0 Å². The molecule has 0 aliphatic heterocycles. The number of sulfonamides is 1. The van der Waals surface area contributed by atoms with Crippen LogP contribution in [0.1, 0.15) is 5.56 Å². The first-order chi connectivity index (χ1) is 14.4. The zero-order valence-electron chi connectivity index (χ0n) is 16.8. The highest BCUT2D eigenvalue weighted by Crippen LogP contribution is 2.32. The average Bonchev–Trinajstić information content (AvgIpc) is 2.77. The second kappa shape index (κ2) is 9.28. The molecule has 0 spiro atoms. The predicted octanol–water partition coefficient (Wildman–Crippen LogP) is 4.76. The second-order valence-electron chi connectivity index (χ2n) is 6.36. The number of rotatable bonds is 8. The summed E-state index contributed by atoms with van der Waals surface area (Å²) in [6, 6.07) is 18.3. The van der Waals surface area contributed by atoms with Crippen LogP contribution in [0, 0.1) is 0 Å². The topological polar surface area (TPSA) is 65.1 Å². The molecular formula is C22H22ClNO5S. The largest absolute Gasteiger partial charge is 0.497 e. The molecule has 0 amide bonds. The fourth-order valence-corrected chi connectivity index (χ4v) is 4.64. The van der Waals surface area contributed by atoms with Crippen LogP contribution in [0.4, 0.5) is 5.69 Å². The smallest absolute Gasteiger partial charge is 0.264 e. The molecule has 3 aromatic rings. The van der Waals surface area contributed by atoms with Crippen molar-refractivity contribution in [1.29, 1.82) is 0 Å². The van der Waals surface area contributed by atoms with Crippen molar-refractivity contribution in [3.8, 4) is 17.2 Å². The Hall–Kier alpha value is -2.90. The minimum absolute atomic E-state index is 0.0697. The van der Waals surface area contributed by atoms with E-state index in [0.29, 0.717) is 28.0 Å². The third-order valence-corrected chi connectivity index (χ3v) is 6.50. The maximum absolute atomic E-state index is 13.6. The van der Waals surface area contributed by atoms with E-state index in [1.807, 2.05) is 0 Å². The van der Waals surface area contributed by atoms with E-state index in [2.05, 4.69) is 0 Å². The van der Waals surface area contributed by atoms with Crippen LogP contribution in [-0.2, 0) is 16.6 Å². The lowest BCUT2D eigenvalue weighted by molar-refractivity contribution is 0.354. The fraction of sp³-hybridized carbons (Fsp3) is 0.182. The monoisotopic (exact) mass is 447 g/mol. The Bertz CT molecular complexity index is 1130. The molecule has 0 N–H and O–H groups in total. The van der Waals surface area contributed by atoms with Gasteiger partial charge in [0.05, 0.1) is 38.5 Å². The molecule has 0 aliphatic carbocycles. The number of hydrogen-bond acceptors (Lipinski definition) is 5. The highest BCUT2D eigenvalue weighted by atomic mass is 35.5. The number of benzene rings is 3. The van der Waals surface area contributed by atoms with E-state index >= 15 is 0 Å². The summed E-state index contributed by atoms with van der Waals surface area (Å²) in [5.41, 5.74) is 1.17. The number of ether oxygens (including phenoxy) is 3. The van der Waals surface area contributed by atoms with Crippen LogP contribution in [0.5, 0.6) is 17.2 Å². The number of anilines is 1. The van der Waals surface area contributed by atoms with E-state index in [1.54, 1.807) is 61.7 Å². The van der Waals surface area contributed by atoms with E-state index in [-0.39, 0.29) is 11.4 Å². The van der Waals surface area contributed by atoms with Gasteiger partial charge in [-0.05, 0) is 48.0 Å². The molecule has 8 heteroatoms. The van der Waals surface area contributed by atoms with Crippen LogP contribution in [0.3, 0.4) is 0 Å². The Balaban J connectivity index is 2.09. The zero-order chi connectivity index (χ0) is 21.7. The van der Waals surface area contributed by atoms with Gasteiger partial charge in [0.2, 0.25) is 0 Å². The van der Waals surface area contributed by atoms with Gasteiger partial charge in [-0.3, -0.25) is 4.31 Å². The van der Waals surface area contributed by atoms with Crippen molar-refractivity contribution in [2.24, 2.45) is 0 Å². The molecule has 0 bridgehead atoms. The molecule has 0 atom stereocenters. The van der Waals surface area contributed by atoms with Crippen LogP contribution >= 0.6 is 11.6 Å². The van der Waals surface area contributed by atoms with E-state index in [0.717, 1.165) is 5.56 Å². The third kappa shape index (κ3) is 4.63. The molecule has 0 radical (unpaired) electrons. The molecule has 3 aromatic carbocycles. The van der Waals surface area contributed by atoms with Gasteiger partial charge in [-0.1, -0.05) is 29.8 Å². The van der Waals surface area contributed by atoms with Crippen molar-refractivity contribution < 1.29 is 22.6 Å². The van der Waals surface area contributed by atoms with Crippen molar-refractivity contribution >= 4 is 27.3 Å². The average molecular weight is 448 g/mol. The van der Waals surface area contributed by atoms with E-state index in [9.17, 15) is 8.42 Å². The summed E-state index contributed by atoms with van der Waals surface area (Å²) < 4.78 is 44.2. The number of halogens is 1. The second-order valence-corrected chi connectivity index (χ2v) is 8.66.